The molecule has 2 heterocycles. The highest BCUT2D eigenvalue weighted by atomic mass is 35.5. The molecule has 0 unspecified atom stereocenters. The highest BCUT2D eigenvalue weighted by Gasteiger charge is 2.22. The summed E-state index contributed by atoms with van der Waals surface area (Å²) in [6.07, 6.45) is 0. The van der Waals surface area contributed by atoms with Gasteiger partial charge in [0.2, 0.25) is 0 Å². The molecular weight excluding hydrogens is 377 g/mol. The summed E-state index contributed by atoms with van der Waals surface area (Å²) in [5, 5.41) is 4.80. The number of piperazine rings is 1. The van der Waals surface area contributed by atoms with Crippen LogP contribution in [0, 0.1) is 5.82 Å². The maximum absolute atomic E-state index is 13.0. The van der Waals surface area contributed by atoms with Gasteiger partial charge in [-0.05, 0) is 29.6 Å². The summed E-state index contributed by atoms with van der Waals surface area (Å²) in [6.45, 7) is 4.04. The van der Waals surface area contributed by atoms with Crippen LogP contribution in [0.25, 0.3) is 0 Å². The molecule has 26 heavy (non-hydrogen) atoms. The third-order valence-electron chi connectivity index (χ3n) is 4.28. The molecule has 1 aliphatic rings. The predicted octanol–water partition coefficient (Wildman–Crippen LogP) is 2.73. The number of carbonyl (C=O) groups excluding carboxylic acids is 2. The molecule has 1 aliphatic heterocycles. The van der Waals surface area contributed by atoms with Crippen molar-refractivity contribution in [3.8, 4) is 0 Å². The molecule has 0 radical (unpaired) electrons. The SMILES string of the molecule is O=C(NCCN1CCN(C(=O)c2cccs2)CC1)c1ccc(F)cc1Cl. The summed E-state index contributed by atoms with van der Waals surface area (Å²) in [5.41, 5.74) is 0.263. The van der Waals surface area contributed by atoms with E-state index in [4.69, 9.17) is 11.6 Å². The molecule has 2 amide bonds. The highest BCUT2D eigenvalue weighted by Crippen LogP contribution is 2.17. The minimum Gasteiger partial charge on any atom is -0.351 e. The first kappa shape index (κ1) is 18.8. The van der Waals surface area contributed by atoms with Gasteiger partial charge in [-0.1, -0.05) is 17.7 Å². The van der Waals surface area contributed by atoms with Crippen LogP contribution in [0.3, 0.4) is 0 Å². The Bertz CT molecular complexity index is 777. The van der Waals surface area contributed by atoms with E-state index in [2.05, 4.69) is 10.2 Å². The van der Waals surface area contributed by atoms with Gasteiger partial charge in [0.05, 0.1) is 15.5 Å². The van der Waals surface area contributed by atoms with Crippen LogP contribution in [0.2, 0.25) is 5.02 Å². The Morgan fingerprint density at radius 1 is 1.19 bits per heavy atom. The van der Waals surface area contributed by atoms with Crippen LogP contribution in [0.4, 0.5) is 4.39 Å². The Hall–Kier alpha value is -1.96. The Labute approximate surface area is 160 Å². The summed E-state index contributed by atoms with van der Waals surface area (Å²) in [6, 6.07) is 7.44. The zero-order valence-electron chi connectivity index (χ0n) is 14.1. The van der Waals surface area contributed by atoms with Crippen molar-refractivity contribution in [3.63, 3.8) is 0 Å². The fourth-order valence-electron chi connectivity index (χ4n) is 2.83. The summed E-state index contributed by atoms with van der Waals surface area (Å²) >= 11 is 7.35. The molecule has 0 saturated carbocycles. The van der Waals surface area contributed by atoms with E-state index in [1.807, 2.05) is 22.4 Å². The normalized spacial score (nSPS) is 15.1. The molecule has 3 rings (SSSR count). The lowest BCUT2D eigenvalue weighted by Crippen LogP contribution is -2.50. The molecule has 2 aromatic rings. The maximum atomic E-state index is 13.0. The standard InChI is InChI=1S/C18H19ClFN3O2S/c19-15-12-13(20)3-4-14(15)17(24)21-5-6-22-7-9-23(10-8-22)18(25)16-2-1-11-26-16/h1-4,11-12H,5-10H2,(H,21,24). The van der Waals surface area contributed by atoms with Crippen molar-refractivity contribution in [2.75, 3.05) is 39.3 Å². The molecule has 8 heteroatoms. The van der Waals surface area contributed by atoms with Gasteiger partial charge < -0.3 is 10.2 Å². The molecule has 1 saturated heterocycles. The molecule has 0 atom stereocenters. The quantitative estimate of drug-likeness (QED) is 0.846. The average molecular weight is 396 g/mol. The van der Waals surface area contributed by atoms with E-state index in [-0.39, 0.29) is 22.4 Å². The number of hydrogen-bond donors (Lipinski definition) is 1. The third-order valence-corrected chi connectivity index (χ3v) is 5.45. The van der Waals surface area contributed by atoms with Crippen LogP contribution in [0.15, 0.2) is 35.7 Å². The maximum Gasteiger partial charge on any atom is 0.264 e. The highest BCUT2D eigenvalue weighted by molar-refractivity contribution is 7.12. The zero-order chi connectivity index (χ0) is 18.5. The van der Waals surface area contributed by atoms with Gasteiger partial charge in [-0.2, -0.15) is 0 Å². The van der Waals surface area contributed by atoms with Crippen LogP contribution in [-0.2, 0) is 0 Å². The summed E-state index contributed by atoms with van der Waals surface area (Å²) < 4.78 is 13.0. The van der Waals surface area contributed by atoms with Crippen LogP contribution in [0.1, 0.15) is 20.0 Å². The van der Waals surface area contributed by atoms with Gasteiger partial charge in [0.25, 0.3) is 11.8 Å². The van der Waals surface area contributed by atoms with E-state index in [0.717, 1.165) is 24.0 Å². The molecule has 138 valence electrons. The Morgan fingerprint density at radius 2 is 1.96 bits per heavy atom. The number of nitrogens with one attached hydrogen (secondary N) is 1. The molecular formula is C18H19ClFN3O2S. The summed E-state index contributed by atoms with van der Waals surface area (Å²) in [5.74, 6) is -0.707. The van der Waals surface area contributed by atoms with E-state index < -0.39 is 5.82 Å². The van der Waals surface area contributed by atoms with Crippen molar-refractivity contribution in [2.24, 2.45) is 0 Å². The first-order valence-electron chi connectivity index (χ1n) is 8.33. The lowest BCUT2D eigenvalue weighted by molar-refractivity contribution is 0.0643. The minimum atomic E-state index is -0.471. The van der Waals surface area contributed by atoms with Crippen LogP contribution in [-0.4, -0.2) is 60.9 Å². The molecule has 1 aromatic carbocycles. The number of rotatable bonds is 5. The molecule has 5 nitrogen and oxygen atoms in total. The fourth-order valence-corrected chi connectivity index (χ4v) is 3.77. The van der Waals surface area contributed by atoms with Gasteiger partial charge in [-0.3, -0.25) is 14.5 Å². The van der Waals surface area contributed by atoms with Crippen molar-refractivity contribution >= 4 is 34.8 Å². The molecule has 1 N–H and O–H groups in total. The number of benzene rings is 1. The Balaban J connectivity index is 1.41. The monoisotopic (exact) mass is 395 g/mol. The van der Waals surface area contributed by atoms with Crippen molar-refractivity contribution in [1.82, 2.24) is 15.1 Å². The lowest BCUT2D eigenvalue weighted by Gasteiger charge is -2.34. The molecule has 0 aliphatic carbocycles. The van der Waals surface area contributed by atoms with E-state index in [1.54, 1.807) is 0 Å². The number of amides is 2. The molecule has 0 spiro atoms. The number of nitrogens with zero attached hydrogens (tertiary/aromatic N) is 2. The van der Waals surface area contributed by atoms with Gasteiger partial charge in [0.1, 0.15) is 5.82 Å². The number of carbonyl (C=O) groups is 2. The predicted molar refractivity (Wildman–Crippen MR) is 100 cm³/mol. The van der Waals surface area contributed by atoms with Gasteiger partial charge in [0, 0.05) is 39.3 Å². The van der Waals surface area contributed by atoms with E-state index in [9.17, 15) is 14.0 Å². The van der Waals surface area contributed by atoms with Crippen LogP contribution >= 0.6 is 22.9 Å². The van der Waals surface area contributed by atoms with Gasteiger partial charge >= 0.3 is 0 Å². The van der Waals surface area contributed by atoms with Gasteiger partial charge in [-0.15, -0.1) is 11.3 Å². The van der Waals surface area contributed by atoms with Gasteiger partial charge in [0.15, 0.2) is 0 Å². The third kappa shape index (κ3) is 4.60. The smallest absolute Gasteiger partial charge is 0.264 e. The molecule has 0 bridgehead atoms. The average Bonchev–Trinajstić information content (AvgIpc) is 3.16. The van der Waals surface area contributed by atoms with Crippen LogP contribution in [0.5, 0.6) is 0 Å². The second kappa shape index (κ2) is 8.62. The lowest BCUT2D eigenvalue weighted by atomic mass is 10.2. The second-order valence-corrected chi connectivity index (χ2v) is 7.35. The topological polar surface area (TPSA) is 52.7 Å². The summed E-state index contributed by atoms with van der Waals surface area (Å²) in [4.78, 5) is 29.2. The van der Waals surface area contributed by atoms with E-state index in [1.165, 1.54) is 23.5 Å². The number of halogens is 2. The zero-order valence-corrected chi connectivity index (χ0v) is 15.7. The minimum absolute atomic E-state index is 0.0823. The fraction of sp³-hybridized carbons (Fsp3) is 0.333. The number of hydrogen-bond acceptors (Lipinski definition) is 4. The molecule has 1 fully saturated rings. The van der Waals surface area contributed by atoms with Crippen LogP contribution < -0.4 is 5.32 Å². The van der Waals surface area contributed by atoms with Crippen molar-refractivity contribution in [1.29, 1.82) is 0 Å². The van der Waals surface area contributed by atoms with Crippen molar-refractivity contribution < 1.29 is 14.0 Å². The van der Waals surface area contributed by atoms with Crippen molar-refractivity contribution in [3.05, 3.63) is 57.0 Å². The van der Waals surface area contributed by atoms with E-state index >= 15 is 0 Å². The molecule has 1 aromatic heterocycles. The second-order valence-electron chi connectivity index (χ2n) is 5.99. The first-order chi connectivity index (χ1) is 12.5. The largest absolute Gasteiger partial charge is 0.351 e. The van der Waals surface area contributed by atoms with Crippen molar-refractivity contribution in [2.45, 2.75) is 0 Å². The first-order valence-corrected chi connectivity index (χ1v) is 9.59. The van der Waals surface area contributed by atoms with Gasteiger partial charge in [-0.25, -0.2) is 4.39 Å². The number of thiophene rings is 1. The van der Waals surface area contributed by atoms with E-state index in [0.29, 0.717) is 26.2 Å². The summed E-state index contributed by atoms with van der Waals surface area (Å²) in [7, 11) is 0. The Kier molecular flexibility index (Phi) is 6.24. The Morgan fingerprint density at radius 3 is 2.62 bits per heavy atom.